The van der Waals surface area contributed by atoms with Gasteiger partial charge < -0.3 is 20.4 Å². The van der Waals surface area contributed by atoms with Gasteiger partial charge in [0.1, 0.15) is 12.1 Å². The first-order valence-electron chi connectivity index (χ1n) is 8.66. The molecule has 9 heteroatoms. The largest absolute Gasteiger partial charge is 0.480 e. The van der Waals surface area contributed by atoms with Crippen LogP contribution in [-0.2, 0) is 14.4 Å². The summed E-state index contributed by atoms with van der Waals surface area (Å²) in [6.45, 7) is 1.59. The lowest BCUT2D eigenvalue weighted by Gasteiger charge is -2.27. The van der Waals surface area contributed by atoms with Gasteiger partial charge in [0, 0.05) is 18.7 Å². The Bertz CT molecular complexity index is 708. The third kappa shape index (κ3) is 5.27. The van der Waals surface area contributed by atoms with Crippen LogP contribution in [0.3, 0.4) is 0 Å². The van der Waals surface area contributed by atoms with Crippen LogP contribution in [0.15, 0.2) is 30.3 Å². The first-order valence-corrected chi connectivity index (χ1v) is 8.66. The normalized spacial score (nSPS) is 18.6. The predicted molar refractivity (Wildman–Crippen MR) is 95.2 cm³/mol. The van der Waals surface area contributed by atoms with Crippen molar-refractivity contribution in [1.82, 2.24) is 15.5 Å². The lowest BCUT2D eigenvalue weighted by atomic mass is 10.1. The minimum atomic E-state index is -1.22. The maximum atomic E-state index is 12.5. The Morgan fingerprint density at radius 2 is 1.85 bits per heavy atom. The molecule has 146 valence electrons. The van der Waals surface area contributed by atoms with E-state index in [9.17, 15) is 29.4 Å². The van der Waals surface area contributed by atoms with Crippen LogP contribution in [0.25, 0.3) is 0 Å². The highest BCUT2D eigenvalue weighted by atomic mass is 16.4. The van der Waals surface area contributed by atoms with E-state index in [1.807, 2.05) is 0 Å². The quantitative estimate of drug-likeness (QED) is 0.497. The molecule has 1 unspecified atom stereocenters. The molecule has 1 saturated heterocycles. The second-order valence-corrected chi connectivity index (χ2v) is 6.38. The first kappa shape index (κ1) is 20.4. The molecule has 0 spiro atoms. The highest BCUT2D eigenvalue weighted by Crippen LogP contribution is 2.18. The van der Waals surface area contributed by atoms with Crippen molar-refractivity contribution in [1.29, 1.82) is 0 Å². The van der Waals surface area contributed by atoms with Crippen molar-refractivity contribution in [2.45, 2.75) is 37.9 Å². The summed E-state index contributed by atoms with van der Waals surface area (Å²) in [7, 11) is 0. The van der Waals surface area contributed by atoms with Crippen molar-refractivity contribution in [2.24, 2.45) is 0 Å². The number of carbonyl (C=O) groups is 4. The number of hydrogen-bond acceptors (Lipinski definition) is 5. The van der Waals surface area contributed by atoms with E-state index in [0.717, 1.165) is 0 Å². The van der Waals surface area contributed by atoms with E-state index in [2.05, 4.69) is 10.6 Å². The van der Waals surface area contributed by atoms with Gasteiger partial charge in [-0.25, -0.2) is 4.79 Å². The summed E-state index contributed by atoms with van der Waals surface area (Å²) in [5.74, 6) is -3.19. The number of amides is 2. The number of carboxylic acids is 2. The molecule has 1 aromatic carbocycles. The van der Waals surface area contributed by atoms with Gasteiger partial charge in [-0.1, -0.05) is 18.2 Å². The summed E-state index contributed by atoms with van der Waals surface area (Å²) in [5.41, 5.74) is 0.395. The zero-order valence-electron chi connectivity index (χ0n) is 14.9. The Morgan fingerprint density at radius 3 is 2.44 bits per heavy atom. The lowest BCUT2D eigenvalue weighted by molar-refractivity contribution is -0.149. The molecule has 1 aliphatic rings. The molecule has 0 aliphatic carbocycles. The molecular formula is C18H23N3O6. The smallest absolute Gasteiger partial charge is 0.326 e. The fraction of sp³-hybridized carbons (Fsp3) is 0.444. The third-order valence-electron chi connectivity index (χ3n) is 4.44. The number of rotatable bonds is 8. The van der Waals surface area contributed by atoms with E-state index < -0.39 is 41.9 Å². The zero-order chi connectivity index (χ0) is 20.0. The highest BCUT2D eigenvalue weighted by Gasteiger charge is 2.36. The predicted octanol–water partition coefficient (Wildman–Crippen LogP) is -0.0767. The number of benzene rings is 1. The number of carboxylic acid groups (broad SMARTS) is 2. The number of carbonyl (C=O) groups excluding carboxylic acids is 2. The van der Waals surface area contributed by atoms with Gasteiger partial charge in [-0.3, -0.25) is 19.7 Å². The van der Waals surface area contributed by atoms with E-state index in [1.165, 1.54) is 11.8 Å². The van der Waals surface area contributed by atoms with Gasteiger partial charge in [-0.2, -0.15) is 0 Å². The minimum absolute atomic E-state index is 0.219. The molecule has 3 atom stereocenters. The molecule has 1 aromatic rings. The first-order chi connectivity index (χ1) is 12.8. The Balaban J connectivity index is 1.94. The third-order valence-corrected chi connectivity index (χ3v) is 4.44. The van der Waals surface area contributed by atoms with Gasteiger partial charge in [0.05, 0.1) is 6.04 Å². The van der Waals surface area contributed by atoms with Gasteiger partial charge >= 0.3 is 11.9 Å². The van der Waals surface area contributed by atoms with Gasteiger partial charge in [0.25, 0.3) is 5.91 Å². The fourth-order valence-electron chi connectivity index (χ4n) is 3.01. The van der Waals surface area contributed by atoms with Gasteiger partial charge in [-0.15, -0.1) is 0 Å². The molecule has 0 radical (unpaired) electrons. The Morgan fingerprint density at radius 1 is 1.19 bits per heavy atom. The molecule has 1 heterocycles. The van der Waals surface area contributed by atoms with E-state index in [0.29, 0.717) is 24.9 Å². The number of aliphatic carboxylic acids is 2. The summed E-state index contributed by atoms with van der Waals surface area (Å²) < 4.78 is 0. The summed E-state index contributed by atoms with van der Waals surface area (Å²) in [4.78, 5) is 48.5. The Kier molecular flexibility index (Phi) is 6.89. The Labute approximate surface area is 156 Å². The van der Waals surface area contributed by atoms with Gasteiger partial charge in [0.2, 0.25) is 5.91 Å². The molecule has 2 rings (SSSR count). The van der Waals surface area contributed by atoms with Crippen molar-refractivity contribution in [2.75, 3.05) is 13.1 Å². The van der Waals surface area contributed by atoms with Crippen LogP contribution in [0.4, 0.5) is 0 Å². The van der Waals surface area contributed by atoms with Crippen LogP contribution in [0.1, 0.15) is 30.1 Å². The molecular weight excluding hydrogens is 354 g/mol. The SMILES string of the molecule is C[C@H](NC(CNC(=O)c1ccccc1)C(=O)O)C(=O)N1CCC[C@H]1C(=O)O. The Hall–Kier alpha value is -2.94. The summed E-state index contributed by atoms with van der Waals surface area (Å²) >= 11 is 0. The molecule has 0 bridgehead atoms. The summed E-state index contributed by atoms with van der Waals surface area (Å²) in [5, 5.41) is 23.7. The monoisotopic (exact) mass is 377 g/mol. The minimum Gasteiger partial charge on any atom is -0.480 e. The van der Waals surface area contributed by atoms with Crippen LogP contribution in [0.5, 0.6) is 0 Å². The van der Waals surface area contributed by atoms with E-state index in [1.54, 1.807) is 30.3 Å². The van der Waals surface area contributed by atoms with Gasteiger partial charge in [-0.05, 0) is 31.9 Å². The second-order valence-electron chi connectivity index (χ2n) is 6.38. The molecule has 2 amide bonds. The molecule has 1 aliphatic heterocycles. The molecule has 9 nitrogen and oxygen atoms in total. The topological polar surface area (TPSA) is 136 Å². The molecule has 27 heavy (non-hydrogen) atoms. The van der Waals surface area contributed by atoms with Crippen LogP contribution in [0, 0.1) is 0 Å². The maximum Gasteiger partial charge on any atom is 0.326 e. The highest BCUT2D eigenvalue weighted by molar-refractivity contribution is 5.94. The summed E-state index contributed by atoms with van der Waals surface area (Å²) in [6.07, 6.45) is 0.966. The van der Waals surface area contributed by atoms with Crippen molar-refractivity contribution in [3.05, 3.63) is 35.9 Å². The van der Waals surface area contributed by atoms with Crippen LogP contribution in [0.2, 0.25) is 0 Å². The van der Waals surface area contributed by atoms with E-state index in [-0.39, 0.29) is 6.54 Å². The van der Waals surface area contributed by atoms with Crippen molar-refractivity contribution in [3.63, 3.8) is 0 Å². The standard InChI is InChI=1S/C18H23N3O6/c1-11(16(23)21-9-5-8-14(21)18(26)27)20-13(17(24)25)10-19-15(22)12-6-3-2-4-7-12/h2-4,6-7,11,13-14,20H,5,8-10H2,1H3,(H,19,22)(H,24,25)(H,26,27)/t11-,13?,14-/m0/s1. The number of nitrogens with one attached hydrogen (secondary N) is 2. The van der Waals surface area contributed by atoms with Gasteiger partial charge in [0.15, 0.2) is 0 Å². The second kappa shape index (κ2) is 9.13. The van der Waals surface area contributed by atoms with Crippen molar-refractivity contribution >= 4 is 23.8 Å². The van der Waals surface area contributed by atoms with E-state index in [4.69, 9.17) is 0 Å². The van der Waals surface area contributed by atoms with Crippen molar-refractivity contribution in [3.8, 4) is 0 Å². The molecule has 4 N–H and O–H groups in total. The molecule has 0 saturated carbocycles. The summed E-state index contributed by atoms with van der Waals surface area (Å²) in [6, 6.07) is 5.36. The number of nitrogens with zero attached hydrogens (tertiary/aromatic N) is 1. The fourth-order valence-corrected chi connectivity index (χ4v) is 3.01. The average Bonchev–Trinajstić information content (AvgIpc) is 3.14. The maximum absolute atomic E-state index is 12.5. The molecule has 0 aromatic heterocycles. The lowest BCUT2D eigenvalue weighted by Crippen LogP contribution is -2.55. The van der Waals surface area contributed by atoms with Crippen LogP contribution >= 0.6 is 0 Å². The zero-order valence-corrected chi connectivity index (χ0v) is 14.9. The number of likely N-dealkylation sites (tertiary alicyclic amines) is 1. The molecule has 1 fully saturated rings. The average molecular weight is 377 g/mol. The van der Waals surface area contributed by atoms with Crippen LogP contribution < -0.4 is 10.6 Å². The van der Waals surface area contributed by atoms with E-state index >= 15 is 0 Å². The van der Waals surface area contributed by atoms with Crippen molar-refractivity contribution < 1.29 is 29.4 Å². The number of hydrogen-bond donors (Lipinski definition) is 4. The van der Waals surface area contributed by atoms with Crippen LogP contribution in [-0.4, -0.2) is 70.1 Å².